The van der Waals surface area contributed by atoms with Gasteiger partial charge in [-0.2, -0.15) is 0 Å². The number of hydrogen-bond donors (Lipinski definition) is 1. The number of ether oxygens (including phenoxy) is 1. The Morgan fingerprint density at radius 2 is 1.76 bits per heavy atom. The molecule has 0 fully saturated rings. The molecule has 17 heavy (non-hydrogen) atoms. The van der Waals surface area contributed by atoms with E-state index in [9.17, 15) is 0 Å². The molecular formula is C15H33NO. The van der Waals surface area contributed by atoms with Gasteiger partial charge < -0.3 is 10.5 Å². The van der Waals surface area contributed by atoms with Crippen LogP contribution in [0.1, 0.15) is 66.7 Å². The Morgan fingerprint density at radius 3 is 2.12 bits per heavy atom. The average Bonchev–Trinajstić information content (AvgIpc) is 2.22. The Bertz CT molecular complexity index is 186. The highest BCUT2D eigenvalue weighted by molar-refractivity contribution is 4.85. The summed E-state index contributed by atoms with van der Waals surface area (Å²) in [4.78, 5) is 0. The number of nitrogens with two attached hydrogens (primary N) is 1. The fourth-order valence-electron chi connectivity index (χ4n) is 2.66. The van der Waals surface area contributed by atoms with Crippen LogP contribution in [0.4, 0.5) is 0 Å². The topological polar surface area (TPSA) is 35.2 Å². The van der Waals surface area contributed by atoms with Crippen molar-refractivity contribution < 1.29 is 4.74 Å². The number of unbranched alkanes of at least 4 members (excludes halogenated alkanes) is 1. The SMILES string of the molecule is CCCCC(CC)CC(N)C(OC)C(C)(C)C. The van der Waals surface area contributed by atoms with Crippen LogP contribution in [-0.4, -0.2) is 19.3 Å². The minimum absolute atomic E-state index is 0.122. The normalized spacial score (nSPS) is 17.8. The minimum atomic E-state index is 0.122. The first-order valence-electron chi connectivity index (χ1n) is 7.15. The lowest BCUT2D eigenvalue weighted by Crippen LogP contribution is -2.45. The van der Waals surface area contributed by atoms with Crippen LogP contribution in [0.3, 0.4) is 0 Å². The van der Waals surface area contributed by atoms with Gasteiger partial charge in [-0.15, -0.1) is 0 Å². The molecular weight excluding hydrogens is 210 g/mol. The van der Waals surface area contributed by atoms with Crippen molar-refractivity contribution in [3.63, 3.8) is 0 Å². The molecule has 0 spiro atoms. The number of rotatable bonds is 8. The Labute approximate surface area is 108 Å². The quantitative estimate of drug-likeness (QED) is 0.700. The van der Waals surface area contributed by atoms with Gasteiger partial charge in [0.15, 0.2) is 0 Å². The molecule has 0 amide bonds. The van der Waals surface area contributed by atoms with Crippen LogP contribution in [0.15, 0.2) is 0 Å². The molecule has 0 aliphatic heterocycles. The van der Waals surface area contributed by atoms with Gasteiger partial charge in [0.25, 0.3) is 0 Å². The van der Waals surface area contributed by atoms with Crippen molar-refractivity contribution >= 4 is 0 Å². The summed E-state index contributed by atoms with van der Waals surface area (Å²) < 4.78 is 5.60. The molecule has 0 radical (unpaired) electrons. The van der Waals surface area contributed by atoms with Crippen LogP contribution in [0, 0.1) is 11.3 Å². The van der Waals surface area contributed by atoms with Gasteiger partial charge in [-0.3, -0.25) is 0 Å². The van der Waals surface area contributed by atoms with Gasteiger partial charge in [0.1, 0.15) is 0 Å². The molecule has 3 atom stereocenters. The Hall–Kier alpha value is -0.0800. The summed E-state index contributed by atoms with van der Waals surface area (Å²) in [5.74, 6) is 0.755. The van der Waals surface area contributed by atoms with Crippen LogP contribution in [0.2, 0.25) is 0 Å². The molecule has 0 bridgehead atoms. The molecule has 0 aliphatic rings. The van der Waals surface area contributed by atoms with Crippen LogP contribution >= 0.6 is 0 Å². The number of hydrogen-bond acceptors (Lipinski definition) is 2. The van der Waals surface area contributed by atoms with E-state index >= 15 is 0 Å². The Kier molecular flexibility index (Phi) is 8.06. The molecule has 0 aliphatic carbocycles. The molecule has 0 heterocycles. The van der Waals surface area contributed by atoms with Crippen LogP contribution in [0.5, 0.6) is 0 Å². The first-order chi connectivity index (χ1) is 7.86. The van der Waals surface area contributed by atoms with Gasteiger partial charge in [-0.1, -0.05) is 60.3 Å². The van der Waals surface area contributed by atoms with Gasteiger partial charge in [-0.05, 0) is 17.8 Å². The second-order valence-electron chi connectivity index (χ2n) is 6.34. The first-order valence-corrected chi connectivity index (χ1v) is 7.15. The summed E-state index contributed by atoms with van der Waals surface area (Å²) in [6.45, 7) is 11.1. The molecule has 2 nitrogen and oxygen atoms in total. The van der Waals surface area contributed by atoms with Crippen molar-refractivity contribution in [2.45, 2.75) is 78.9 Å². The van der Waals surface area contributed by atoms with Crippen molar-refractivity contribution in [1.29, 1.82) is 0 Å². The molecule has 0 saturated carbocycles. The highest BCUT2D eigenvalue weighted by Gasteiger charge is 2.31. The fourth-order valence-corrected chi connectivity index (χ4v) is 2.66. The van der Waals surface area contributed by atoms with Gasteiger partial charge in [-0.25, -0.2) is 0 Å². The third-order valence-corrected chi connectivity index (χ3v) is 3.65. The molecule has 0 aromatic heterocycles. The van der Waals surface area contributed by atoms with E-state index in [1.165, 1.54) is 25.7 Å². The van der Waals surface area contributed by atoms with E-state index in [0.717, 1.165) is 12.3 Å². The molecule has 0 rings (SSSR count). The maximum Gasteiger partial charge on any atom is 0.0770 e. The van der Waals surface area contributed by atoms with Crippen molar-refractivity contribution in [3.05, 3.63) is 0 Å². The minimum Gasteiger partial charge on any atom is -0.379 e. The molecule has 104 valence electrons. The first kappa shape index (κ1) is 16.9. The van der Waals surface area contributed by atoms with Crippen molar-refractivity contribution in [1.82, 2.24) is 0 Å². The van der Waals surface area contributed by atoms with E-state index in [1.54, 1.807) is 7.11 Å². The molecule has 2 heteroatoms. The van der Waals surface area contributed by atoms with Gasteiger partial charge in [0.05, 0.1) is 6.10 Å². The lowest BCUT2D eigenvalue weighted by atomic mass is 9.80. The third kappa shape index (κ3) is 6.42. The Morgan fingerprint density at radius 1 is 1.18 bits per heavy atom. The predicted octanol–water partition coefficient (Wildman–Crippen LogP) is 3.98. The summed E-state index contributed by atoms with van der Waals surface area (Å²) >= 11 is 0. The lowest BCUT2D eigenvalue weighted by molar-refractivity contribution is -0.00749. The third-order valence-electron chi connectivity index (χ3n) is 3.65. The molecule has 3 unspecified atom stereocenters. The van der Waals surface area contributed by atoms with Gasteiger partial charge >= 0.3 is 0 Å². The van der Waals surface area contributed by atoms with E-state index in [-0.39, 0.29) is 17.6 Å². The number of methoxy groups -OCH3 is 1. The van der Waals surface area contributed by atoms with Crippen LogP contribution in [-0.2, 0) is 4.74 Å². The molecule has 2 N–H and O–H groups in total. The van der Waals surface area contributed by atoms with Crippen molar-refractivity contribution in [2.75, 3.05) is 7.11 Å². The average molecular weight is 243 g/mol. The lowest BCUT2D eigenvalue weighted by Gasteiger charge is -2.35. The van der Waals surface area contributed by atoms with E-state index in [1.807, 2.05) is 0 Å². The second-order valence-corrected chi connectivity index (χ2v) is 6.34. The van der Waals surface area contributed by atoms with Crippen LogP contribution in [0.25, 0.3) is 0 Å². The summed E-state index contributed by atoms with van der Waals surface area (Å²) in [6.07, 6.45) is 6.37. The zero-order chi connectivity index (χ0) is 13.5. The zero-order valence-corrected chi connectivity index (χ0v) is 12.8. The highest BCUT2D eigenvalue weighted by Crippen LogP contribution is 2.28. The summed E-state index contributed by atoms with van der Waals surface area (Å²) in [5, 5.41) is 0. The standard InChI is InChI=1S/C15H33NO/c1-7-9-10-12(8-2)11-13(16)14(17-6)15(3,4)5/h12-14H,7-11,16H2,1-6H3. The van der Waals surface area contributed by atoms with E-state index in [2.05, 4.69) is 34.6 Å². The molecule has 0 aromatic rings. The van der Waals surface area contributed by atoms with Gasteiger partial charge in [0, 0.05) is 13.2 Å². The van der Waals surface area contributed by atoms with Gasteiger partial charge in [0.2, 0.25) is 0 Å². The predicted molar refractivity (Wildman–Crippen MR) is 76.2 cm³/mol. The fraction of sp³-hybridized carbons (Fsp3) is 1.00. The molecule has 0 saturated heterocycles. The second kappa shape index (κ2) is 8.10. The smallest absolute Gasteiger partial charge is 0.0770 e. The maximum absolute atomic E-state index is 6.34. The largest absolute Gasteiger partial charge is 0.379 e. The monoisotopic (exact) mass is 243 g/mol. The van der Waals surface area contributed by atoms with E-state index in [0.29, 0.717) is 0 Å². The van der Waals surface area contributed by atoms with Crippen LogP contribution < -0.4 is 5.73 Å². The molecule has 0 aromatic carbocycles. The summed E-state index contributed by atoms with van der Waals surface area (Å²) in [5.41, 5.74) is 6.46. The summed E-state index contributed by atoms with van der Waals surface area (Å²) in [6, 6.07) is 0.154. The van der Waals surface area contributed by atoms with E-state index < -0.39 is 0 Å². The zero-order valence-electron chi connectivity index (χ0n) is 12.8. The summed E-state index contributed by atoms with van der Waals surface area (Å²) in [7, 11) is 1.78. The van der Waals surface area contributed by atoms with Crippen molar-refractivity contribution in [3.8, 4) is 0 Å². The maximum atomic E-state index is 6.34. The highest BCUT2D eigenvalue weighted by atomic mass is 16.5. The van der Waals surface area contributed by atoms with E-state index in [4.69, 9.17) is 10.5 Å². The van der Waals surface area contributed by atoms with Crippen molar-refractivity contribution in [2.24, 2.45) is 17.1 Å². The Balaban J connectivity index is 4.32.